The highest BCUT2D eigenvalue weighted by atomic mass is 35.5. The van der Waals surface area contributed by atoms with Crippen molar-refractivity contribution >= 4 is 18.3 Å². The van der Waals surface area contributed by atoms with Crippen LogP contribution in [0.4, 0.5) is 0 Å². The number of para-hydroxylation sites is 1. The lowest BCUT2D eigenvalue weighted by Gasteiger charge is -2.31. The fourth-order valence-corrected chi connectivity index (χ4v) is 3.06. The maximum atomic E-state index is 12.8. The first kappa shape index (κ1) is 19.3. The molecule has 1 amide bonds. The van der Waals surface area contributed by atoms with Gasteiger partial charge in [-0.3, -0.25) is 4.79 Å². The van der Waals surface area contributed by atoms with Gasteiger partial charge in [0.1, 0.15) is 12.4 Å². The summed E-state index contributed by atoms with van der Waals surface area (Å²) in [6.45, 7) is 3.89. The molecular formula is C20H25ClN2O2. The van der Waals surface area contributed by atoms with Gasteiger partial charge in [-0.05, 0) is 43.0 Å². The van der Waals surface area contributed by atoms with Crippen LogP contribution in [-0.4, -0.2) is 29.9 Å². The van der Waals surface area contributed by atoms with Gasteiger partial charge >= 0.3 is 0 Å². The van der Waals surface area contributed by atoms with Gasteiger partial charge in [0.25, 0.3) is 5.91 Å². The number of rotatable bonds is 4. The quantitative estimate of drug-likeness (QED) is 0.907. The molecule has 0 saturated carbocycles. The van der Waals surface area contributed by atoms with Crippen molar-refractivity contribution in [3.63, 3.8) is 0 Å². The number of hydrogen-bond donors (Lipinski definition) is 1. The van der Waals surface area contributed by atoms with Crippen molar-refractivity contribution in [2.24, 2.45) is 5.73 Å². The first-order valence-corrected chi connectivity index (χ1v) is 8.46. The van der Waals surface area contributed by atoms with Crippen LogP contribution in [-0.2, 0) is 6.61 Å². The van der Waals surface area contributed by atoms with E-state index >= 15 is 0 Å². The van der Waals surface area contributed by atoms with E-state index in [-0.39, 0.29) is 24.4 Å². The average molecular weight is 361 g/mol. The van der Waals surface area contributed by atoms with E-state index in [1.807, 2.05) is 47.4 Å². The Hall–Kier alpha value is -2.04. The van der Waals surface area contributed by atoms with Crippen molar-refractivity contribution in [1.29, 1.82) is 0 Å². The van der Waals surface area contributed by atoms with Gasteiger partial charge in [-0.1, -0.05) is 36.4 Å². The van der Waals surface area contributed by atoms with Crippen molar-refractivity contribution in [1.82, 2.24) is 4.90 Å². The van der Waals surface area contributed by atoms with Crippen molar-refractivity contribution in [2.75, 3.05) is 13.1 Å². The number of carbonyl (C=O) groups excluding carboxylic acids is 1. The summed E-state index contributed by atoms with van der Waals surface area (Å²) in [5, 5.41) is 0. The van der Waals surface area contributed by atoms with E-state index in [0.717, 1.165) is 24.9 Å². The van der Waals surface area contributed by atoms with Crippen LogP contribution in [0.2, 0.25) is 0 Å². The molecule has 5 heteroatoms. The Labute approximate surface area is 155 Å². The number of carbonyl (C=O) groups is 1. The van der Waals surface area contributed by atoms with Gasteiger partial charge in [0, 0.05) is 19.1 Å². The molecule has 2 aromatic rings. The number of hydrogen-bond acceptors (Lipinski definition) is 3. The van der Waals surface area contributed by atoms with Crippen LogP contribution < -0.4 is 10.5 Å². The summed E-state index contributed by atoms with van der Waals surface area (Å²) in [6, 6.07) is 15.6. The lowest BCUT2D eigenvalue weighted by Crippen LogP contribution is -2.45. The third kappa shape index (κ3) is 4.74. The molecule has 2 N–H and O–H groups in total. The number of benzene rings is 2. The number of ether oxygens (including phenoxy) is 1. The SMILES string of the molecule is Cc1ccccc1COc1ccccc1C(=O)N1CCCC(N)C1.Cl. The van der Waals surface area contributed by atoms with Crippen LogP contribution in [0.15, 0.2) is 48.5 Å². The van der Waals surface area contributed by atoms with Crippen molar-refractivity contribution in [3.8, 4) is 5.75 Å². The highest BCUT2D eigenvalue weighted by Gasteiger charge is 2.24. The van der Waals surface area contributed by atoms with Gasteiger partial charge in [0.15, 0.2) is 0 Å². The Morgan fingerprint density at radius 2 is 1.92 bits per heavy atom. The minimum Gasteiger partial charge on any atom is -0.488 e. The molecule has 0 aliphatic carbocycles. The number of halogens is 1. The third-order valence-electron chi connectivity index (χ3n) is 4.51. The molecule has 1 saturated heterocycles. The van der Waals surface area contributed by atoms with Crippen molar-refractivity contribution in [3.05, 3.63) is 65.2 Å². The average Bonchev–Trinajstić information content (AvgIpc) is 2.61. The molecule has 3 rings (SSSR count). The second-order valence-corrected chi connectivity index (χ2v) is 6.36. The van der Waals surface area contributed by atoms with Crippen LogP contribution >= 0.6 is 12.4 Å². The highest BCUT2D eigenvalue weighted by Crippen LogP contribution is 2.23. The zero-order chi connectivity index (χ0) is 16.9. The Morgan fingerprint density at radius 3 is 2.68 bits per heavy atom. The Morgan fingerprint density at radius 1 is 1.20 bits per heavy atom. The fourth-order valence-electron chi connectivity index (χ4n) is 3.06. The number of nitrogens with zero attached hydrogens (tertiary/aromatic N) is 1. The summed E-state index contributed by atoms with van der Waals surface area (Å²) in [5.41, 5.74) is 8.92. The predicted molar refractivity (Wildman–Crippen MR) is 102 cm³/mol. The lowest BCUT2D eigenvalue weighted by molar-refractivity contribution is 0.0704. The van der Waals surface area contributed by atoms with E-state index in [0.29, 0.717) is 24.5 Å². The molecule has 4 nitrogen and oxygen atoms in total. The molecule has 1 aliphatic heterocycles. The summed E-state index contributed by atoms with van der Waals surface area (Å²) in [7, 11) is 0. The molecule has 1 aliphatic rings. The van der Waals surface area contributed by atoms with E-state index in [9.17, 15) is 4.79 Å². The zero-order valence-corrected chi connectivity index (χ0v) is 15.3. The van der Waals surface area contributed by atoms with Gasteiger partial charge < -0.3 is 15.4 Å². The number of piperidine rings is 1. The minimum atomic E-state index is 0. The summed E-state index contributed by atoms with van der Waals surface area (Å²) < 4.78 is 5.96. The van der Waals surface area contributed by atoms with Gasteiger partial charge in [0.05, 0.1) is 5.56 Å². The molecule has 1 heterocycles. The number of aryl methyl sites for hydroxylation is 1. The van der Waals surface area contributed by atoms with E-state index in [1.165, 1.54) is 5.56 Å². The van der Waals surface area contributed by atoms with Gasteiger partial charge in [-0.2, -0.15) is 0 Å². The van der Waals surface area contributed by atoms with E-state index in [2.05, 4.69) is 13.0 Å². The molecule has 25 heavy (non-hydrogen) atoms. The maximum Gasteiger partial charge on any atom is 0.257 e. The number of amides is 1. The Bertz CT molecular complexity index is 720. The number of likely N-dealkylation sites (tertiary alicyclic amines) is 1. The van der Waals surface area contributed by atoms with Gasteiger partial charge in [-0.25, -0.2) is 0 Å². The normalized spacial score (nSPS) is 16.9. The van der Waals surface area contributed by atoms with Crippen LogP contribution in [0, 0.1) is 6.92 Å². The predicted octanol–water partition coefficient (Wildman–Crippen LogP) is 3.56. The summed E-state index contributed by atoms with van der Waals surface area (Å²) in [6.07, 6.45) is 1.94. The minimum absolute atomic E-state index is 0. The Balaban J connectivity index is 0.00000225. The molecule has 0 spiro atoms. The zero-order valence-electron chi connectivity index (χ0n) is 14.5. The highest BCUT2D eigenvalue weighted by molar-refractivity contribution is 5.97. The molecule has 1 atom stereocenters. The molecule has 1 fully saturated rings. The van der Waals surface area contributed by atoms with E-state index in [1.54, 1.807) is 0 Å². The van der Waals surface area contributed by atoms with Gasteiger partial charge in [-0.15, -0.1) is 12.4 Å². The lowest BCUT2D eigenvalue weighted by atomic mass is 10.0. The largest absolute Gasteiger partial charge is 0.488 e. The first-order chi connectivity index (χ1) is 11.6. The van der Waals surface area contributed by atoms with Crippen LogP contribution in [0.3, 0.4) is 0 Å². The molecule has 0 radical (unpaired) electrons. The fraction of sp³-hybridized carbons (Fsp3) is 0.350. The van der Waals surface area contributed by atoms with Crippen LogP contribution in [0.25, 0.3) is 0 Å². The molecule has 0 aromatic heterocycles. The van der Waals surface area contributed by atoms with Crippen molar-refractivity contribution < 1.29 is 9.53 Å². The van der Waals surface area contributed by atoms with Crippen LogP contribution in [0.5, 0.6) is 5.75 Å². The van der Waals surface area contributed by atoms with E-state index < -0.39 is 0 Å². The number of nitrogens with two attached hydrogens (primary N) is 1. The molecular weight excluding hydrogens is 336 g/mol. The molecule has 134 valence electrons. The second-order valence-electron chi connectivity index (χ2n) is 6.36. The van der Waals surface area contributed by atoms with Crippen LogP contribution in [0.1, 0.15) is 34.3 Å². The summed E-state index contributed by atoms with van der Waals surface area (Å²) >= 11 is 0. The smallest absolute Gasteiger partial charge is 0.257 e. The van der Waals surface area contributed by atoms with Gasteiger partial charge in [0.2, 0.25) is 0 Å². The molecule has 2 aromatic carbocycles. The monoisotopic (exact) mass is 360 g/mol. The maximum absolute atomic E-state index is 12.8. The molecule has 0 bridgehead atoms. The Kier molecular flexibility index (Phi) is 6.85. The summed E-state index contributed by atoms with van der Waals surface area (Å²) in [5.74, 6) is 0.635. The second kappa shape index (κ2) is 8.88. The van der Waals surface area contributed by atoms with Crippen molar-refractivity contribution in [2.45, 2.75) is 32.4 Å². The third-order valence-corrected chi connectivity index (χ3v) is 4.51. The summed E-state index contributed by atoms with van der Waals surface area (Å²) in [4.78, 5) is 14.7. The molecule has 1 unspecified atom stereocenters. The van der Waals surface area contributed by atoms with E-state index in [4.69, 9.17) is 10.5 Å². The standard InChI is InChI=1S/C20H24N2O2.ClH/c1-15-7-2-3-8-16(15)14-24-19-11-5-4-10-18(19)20(23)22-12-6-9-17(21)13-22;/h2-5,7-8,10-11,17H,6,9,12-14,21H2,1H3;1H. The first-order valence-electron chi connectivity index (χ1n) is 8.46. The topological polar surface area (TPSA) is 55.6 Å².